The van der Waals surface area contributed by atoms with Gasteiger partial charge in [-0.1, -0.05) is 6.92 Å². The van der Waals surface area contributed by atoms with Crippen molar-refractivity contribution in [3.05, 3.63) is 35.4 Å². The van der Waals surface area contributed by atoms with Gasteiger partial charge in [-0.25, -0.2) is 14.4 Å². The van der Waals surface area contributed by atoms with Crippen molar-refractivity contribution < 1.29 is 28.6 Å². The number of ether oxygens (including phenoxy) is 2. The van der Waals surface area contributed by atoms with Crippen LogP contribution in [0.3, 0.4) is 0 Å². The summed E-state index contributed by atoms with van der Waals surface area (Å²) in [5, 5.41) is 19.1. The summed E-state index contributed by atoms with van der Waals surface area (Å²) in [6.07, 6.45) is 1.18. The Morgan fingerprint density at radius 3 is 2.74 bits per heavy atom. The Labute approximate surface area is 157 Å². The quantitative estimate of drug-likeness (QED) is 0.716. The van der Waals surface area contributed by atoms with E-state index in [1.54, 1.807) is 6.07 Å². The summed E-state index contributed by atoms with van der Waals surface area (Å²) < 4.78 is 30.7. The lowest BCUT2D eigenvalue weighted by atomic mass is 9.81. The van der Waals surface area contributed by atoms with Gasteiger partial charge >= 0.3 is 7.12 Å². The highest BCUT2D eigenvalue weighted by molar-refractivity contribution is 6.43. The van der Waals surface area contributed by atoms with Crippen LogP contribution in [0.15, 0.2) is 18.2 Å². The number of halogens is 1. The Kier molecular flexibility index (Phi) is 6.25. The van der Waals surface area contributed by atoms with E-state index in [4.69, 9.17) is 14.1 Å². The molecule has 0 amide bonds. The number of benzene rings is 1. The van der Waals surface area contributed by atoms with Crippen LogP contribution in [-0.4, -0.2) is 47.5 Å². The molecule has 0 aliphatic carbocycles. The molecule has 2 heterocycles. The normalized spacial score (nSPS) is 16.6. The van der Waals surface area contributed by atoms with Crippen molar-refractivity contribution >= 4 is 7.12 Å². The number of aliphatic hydroxyl groups excluding tert-OH is 1. The molecule has 3 rings (SSSR count). The molecule has 27 heavy (non-hydrogen) atoms. The molecule has 0 bridgehead atoms. The Balaban J connectivity index is 2.04. The maximum Gasteiger partial charge on any atom is 0.454 e. The van der Waals surface area contributed by atoms with Crippen LogP contribution in [0.4, 0.5) is 4.39 Å². The molecular formula is C18H22BFN2O5. The van der Waals surface area contributed by atoms with Gasteiger partial charge in [0.1, 0.15) is 5.82 Å². The molecule has 1 aliphatic rings. The van der Waals surface area contributed by atoms with Gasteiger partial charge in [-0.2, -0.15) is 0 Å². The number of nitrogens with zero attached hydrogens (tertiary/aromatic N) is 2. The van der Waals surface area contributed by atoms with Gasteiger partial charge in [0.2, 0.25) is 0 Å². The van der Waals surface area contributed by atoms with E-state index in [0.29, 0.717) is 36.7 Å². The summed E-state index contributed by atoms with van der Waals surface area (Å²) in [6.45, 7) is 2.42. The van der Waals surface area contributed by atoms with Crippen molar-refractivity contribution in [1.29, 1.82) is 0 Å². The largest absolute Gasteiger partial charge is 0.493 e. The van der Waals surface area contributed by atoms with Crippen molar-refractivity contribution in [3.8, 4) is 22.9 Å². The van der Waals surface area contributed by atoms with Crippen LogP contribution in [0.25, 0.3) is 11.4 Å². The molecule has 1 atom stereocenters. The molecule has 0 radical (unpaired) electrons. The highest BCUT2D eigenvalue weighted by Gasteiger charge is 2.31. The number of hydrogen-bond acceptors (Lipinski definition) is 7. The van der Waals surface area contributed by atoms with Crippen LogP contribution in [0.1, 0.15) is 30.7 Å². The lowest BCUT2D eigenvalue weighted by Gasteiger charge is -2.14. The van der Waals surface area contributed by atoms with Crippen molar-refractivity contribution in [2.75, 3.05) is 20.3 Å². The molecule has 1 aromatic carbocycles. The summed E-state index contributed by atoms with van der Waals surface area (Å²) in [5.74, 6) is 0.119. The third kappa shape index (κ3) is 4.37. The molecular weight excluding hydrogens is 354 g/mol. The number of methoxy groups -OCH3 is 1. The molecule has 1 aliphatic heterocycles. The van der Waals surface area contributed by atoms with Crippen molar-refractivity contribution in [3.63, 3.8) is 0 Å². The summed E-state index contributed by atoms with van der Waals surface area (Å²) in [5.41, 5.74) is 1.10. The van der Waals surface area contributed by atoms with Crippen molar-refractivity contribution in [2.24, 2.45) is 0 Å². The van der Waals surface area contributed by atoms with Crippen LogP contribution in [-0.2, 0) is 11.3 Å². The molecule has 1 fully saturated rings. The fourth-order valence-electron chi connectivity index (χ4n) is 2.93. The Bertz CT molecular complexity index is 808. The van der Waals surface area contributed by atoms with E-state index in [-0.39, 0.29) is 29.7 Å². The van der Waals surface area contributed by atoms with Gasteiger partial charge in [-0.3, -0.25) is 0 Å². The fourth-order valence-corrected chi connectivity index (χ4v) is 2.93. The minimum Gasteiger partial charge on any atom is -0.493 e. The zero-order valence-electron chi connectivity index (χ0n) is 15.3. The van der Waals surface area contributed by atoms with Crippen LogP contribution < -0.4 is 9.47 Å². The molecule has 0 unspecified atom stereocenters. The van der Waals surface area contributed by atoms with Gasteiger partial charge in [-0.15, -0.1) is 0 Å². The Morgan fingerprint density at radius 2 is 2.11 bits per heavy atom. The maximum atomic E-state index is 14.7. The van der Waals surface area contributed by atoms with E-state index in [1.807, 2.05) is 6.92 Å². The second-order valence-electron chi connectivity index (χ2n) is 6.32. The Morgan fingerprint density at radius 1 is 1.30 bits per heavy atom. The lowest BCUT2D eigenvalue weighted by Crippen LogP contribution is -2.09. The summed E-state index contributed by atoms with van der Waals surface area (Å²) in [6, 6.07) is 4.38. The van der Waals surface area contributed by atoms with Gasteiger partial charge in [0.05, 0.1) is 31.6 Å². The van der Waals surface area contributed by atoms with Gasteiger partial charge in [-0.05, 0) is 24.9 Å². The highest BCUT2D eigenvalue weighted by Crippen LogP contribution is 2.35. The molecule has 9 heteroatoms. The molecule has 0 spiro atoms. The predicted molar refractivity (Wildman–Crippen MR) is 97.2 cm³/mol. The average molecular weight is 376 g/mol. The van der Waals surface area contributed by atoms with E-state index in [2.05, 4.69) is 9.97 Å². The number of aliphatic hydroxyl groups is 1. The van der Waals surface area contributed by atoms with Gasteiger partial charge in [0.25, 0.3) is 0 Å². The molecule has 0 saturated carbocycles. The first-order chi connectivity index (χ1) is 13.0. The first-order valence-electron chi connectivity index (χ1n) is 8.84. The molecule has 1 aromatic heterocycles. The molecule has 2 N–H and O–H groups in total. The standard InChI is InChI=1S/C18H22BFN2O5/c1-3-4-26-17-6-13(14(20)7-16(17)25-2)18-21-12(9-23)5-15(22-18)11-8-19(24)27-10-11/h5-7,11,23-24H,3-4,8-10H2,1-2H3/t11-/m1/s1. The first-order valence-corrected chi connectivity index (χ1v) is 8.84. The summed E-state index contributed by atoms with van der Waals surface area (Å²) in [4.78, 5) is 8.71. The maximum absolute atomic E-state index is 14.7. The van der Waals surface area contributed by atoms with Crippen LogP contribution >= 0.6 is 0 Å². The topological polar surface area (TPSA) is 93.9 Å². The van der Waals surface area contributed by atoms with Crippen LogP contribution in [0.2, 0.25) is 6.32 Å². The zero-order chi connectivity index (χ0) is 19.4. The smallest absolute Gasteiger partial charge is 0.454 e. The summed E-state index contributed by atoms with van der Waals surface area (Å²) in [7, 11) is 0.595. The van der Waals surface area contributed by atoms with Crippen LogP contribution in [0.5, 0.6) is 11.5 Å². The fraction of sp³-hybridized carbons (Fsp3) is 0.444. The number of rotatable bonds is 7. The number of aromatic nitrogens is 2. The van der Waals surface area contributed by atoms with Gasteiger partial charge < -0.3 is 24.3 Å². The van der Waals surface area contributed by atoms with Crippen LogP contribution in [0, 0.1) is 5.82 Å². The lowest BCUT2D eigenvalue weighted by molar-refractivity contribution is 0.275. The minimum atomic E-state index is -0.849. The van der Waals surface area contributed by atoms with E-state index in [9.17, 15) is 14.5 Å². The second kappa shape index (κ2) is 8.64. The second-order valence-corrected chi connectivity index (χ2v) is 6.32. The monoisotopic (exact) mass is 376 g/mol. The molecule has 2 aromatic rings. The van der Waals surface area contributed by atoms with E-state index in [0.717, 1.165) is 6.42 Å². The Hall–Kier alpha value is -2.23. The third-order valence-electron chi connectivity index (χ3n) is 4.31. The van der Waals surface area contributed by atoms with Gasteiger partial charge in [0, 0.05) is 24.3 Å². The zero-order valence-corrected chi connectivity index (χ0v) is 15.3. The average Bonchev–Trinajstić information content (AvgIpc) is 3.12. The van der Waals surface area contributed by atoms with Gasteiger partial charge in [0.15, 0.2) is 17.3 Å². The van der Waals surface area contributed by atoms with E-state index in [1.165, 1.54) is 19.2 Å². The van der Waals surface area contributed by atoms with E-state index >= 15 is 0 Å². The highest BCUT2D eigenvalue weighted by atomic mass is 19.1. The minimum absolute atomic E-state index is 0.138. The molecule has 144 valence electrons. The molecule has 7 nitrogen and oxygen atoms in total. The van der Waals surface area contributed by atoms with Crippen molar-refractivity contribution in [2.45, 2.75) is 32.2 Å². The molecule has 1 saturated heterocycles. The predicted octanol–water partition coefficient (Wildman–Crippen LogP) is 2.17. The first kappa shape index (κ1) is 19.5. The third-order valence-corrected chi connectivity index (χ3v) is 4.31. The summed E-state index contributed by atoms with van der Waals surface area (Å²) >= 11 is 0. The number of hydrogen-bond donors (Lipinski definition) is 2. The van der Waals surface area contributed by atoms with Crippen molar-refractivity contribution in [1.82, 2.24) is 9.97 Å². The SMILES string of the molecule is CCCOc1cc(-c2nc(CO)cc([C@H]3COB(O)C3)n2)c(F)cc1OC. The van der Waals surface area contributed by atoms with E-state index < -0.39 is 12.9 Å².